The van der Waals surface area contributed by atoms with Crippen LogP contribution in [0.25, 0.3) is 10.4 Å². The van der Waals surface area contributed by atoms with Crippen LogP contribution in [0.2, 0.25) is 0 Å². The number of carbonyl (C=O) groups is 1. The van der Waals surface area contributed by atoms with E-state index in [9.17, 15) is 4.79 Å². The number of hydrogen-bond donors (Lipinski definition) is 1. The maximum absolute atomic E-state index is 11.9. The van der Waals surface area contributed by atoms with Crippen molar-refractivity contribution < 1.29 is 9.53 Å². The third-order valence-corrected chi connectivity index (χ3v) is 5.47. The molecule has 0 atom stereocenters. The number of ether oxygens (including phenoxy) is 1. The monoisotopic (exact) mass is 359 g/mol. The van der Waals surface area contributed by atoms with E-state index in [0.29, 0.717) is 17.2 Å². The molecule has 0 bridgehead atoms. The summed E-state index contributed by atoms with van der Waals surface area (Å²) in [7, 11) is 0. The van der Waals surface area contributed by atoms with Crippen molar-refractivity contribution in [2.75, 3.05) is 12.3 Å². The predicted octanol–water partition coefficient (Wildman–Crippen LogP) is 4.56. The lowest BCUT2D eigenvalue weighted by molar-refractivity contribution is 0.0533. The molecule has 2 rings (SSSR count). The first-order chi connectivity index (χ1) is 9.08. The fourth-order valence-electron chi connectivity index (χ4n) is 1.84. The first-order valence-electron chi connectivity index (χ1n) is 5.91. The van der Waals surface area contributed by atoms with Gasteiger partial charge in [0.05, 0.1) is 16.1 Å². The average Bonchev–Trinajstić information content (AvgIpc) is 2.93. The minimum atomic E-state index is -0.333. The van der Waals surface area contributed by atoms with Crippen molar-refractivity contribution in [3.63, 3.8) is 0 Å². The van der Waals surface area contributed by atoms with Gasteiger partial charge in [-0.1, -0.05) is 6.92 Å². The molecule has 2 aromatic heterocycles. The first-order valence-corrected chi connectivity index (χ1v) is 8.40. The van der Waals surface area contributed by atoms with E-state index in [0.717, 1.165) is 26.2 Å². The zero-order valence-electron chi connectivity index (χ0n) is 10.7. The molecule has 2 heterocycles. The van der Waals surface area contributed by atoms with Crippen LogP contribution in [0.5, 0.6) is 0 Å². The summed E-state index contributed by atoms with van der Waals surface area (Å²) < 4.78 is 6.11. The van der Waals surface area contributed by atoms with E-state index in [-0.39, 0.29) is 5.97 Å². The SMILES string of the molecule is CCOC(=O)c1sc(-c2csc(Br)c2)c(CC)c1N. The van der Waals surface area contributed by atoms with Crippen LogP contribution in [0, 0.1) is 0 Å². The Labute approximate surface area is 128 Å². The van der Waals surface area contributed by atoms with Crippen LogP contribution in [-0.2, 0) is 11.2 Å². The van der Waals surface area contributed by atoms with Crippen molar-refractivity contribution in [3.8, 4) is 10.4 Å². The first kappa shape index (κ1) is 14.6. The van der Waals surface area contributed by atoms with Gasteiger partial charge in [-0.3, -0.25) is 0 Å². The van der Waals surface area contributed by atoms with Crippen LogP contribution in [0.15, 0.2) is 15.2 Å². The molecule has 0 radical (unpaired) electrons. The Morgan fingerprint density at radius 2 is 2.21 bits per heavy atom. The van der Waals surface area contributed by atoms with Crippen molar-refractivity contribution in [3.05, 3.63) is 25.7 Å². The zero-order chi connectivity index (χ0) is 14.0. The molecule has 102 valence electrons. The van der Waals surface area contributed by atoms with E-state index in [1.165, 1.54) is 11.3 Å². The van der Waals surface area contributed by atoms with Gasteiger partial charge in [0.2, 0.25) is 0 Å². The molecular formula is C13H14BrNO2S2. The number of anilines is 1. The van der Waals surface area contributed by atoms with Gasteiger partial charge >= 0.3 is 5.97 Å². The van der Waals surface area contributed by atoms with E-state index in [2.05, 4.69) is 21.3 Å². The molecule has 0 fully saturated rings. The lowest BCUT2D eigenvalue weighted by atomic mass is 10.1. The summed E-state index contributed by atoms with van der Waals surface area (Å²) in [4.78, 5) is 13.5. The van der Waals surface area contributed by atoms with E-state index in [4.69, 9.17) is 10.5 Å². The molecule has 0 amide bonds. The number of hydrogen-bond acceptors (Lipinski definition) is 5. The Hall–Kier alpha value is -0.850. The lowest BCUT2D eigenvalue weighted by Gasteiger charge is -2.01. The summed E-state index contributed by atoms with van der Waals surface area (Å²) in [5, 5.41) is 2.06. The lowest BCUT2D eigenvalue weighted by Crippen LogP contribution is -2.05. The number of rotatable bonds is 4. The largest absolute Gasteiger partial charge is 0.462 e. The van der Waals surface area contributed by atoms with Gasteiger partial charge < -0.3 is 10.5 Å². The van der Waals surface area contributed by atoms with E-state index in [1.807, 2.05) is 13.0 Å². The molecular weight excluding hydrogens is 346 g/mol. The molecule has 0 aliphatic rings. The number of nitrogen functional groups attached to an aromatic ring is 1. The summed E-state index contributed by atoms with van der Waals surface area (Å²) in [5.74, 6) is -0.333. The molecule has 0 aromatic carbocycles. The highest BCUT2D eigenvalue weighted by atomic mass is 79.9. The van der Waals surface area contributed by atoms with Crippen molar-refractivity contribution in [1.82, 2.24) is 0 Å². The molecule has 0 aliphatic heterocycles. The Morgan fingerprint density at radius 3 is 2.74 bits per heavy atom. The topological polar surface area (TPSA) is 52.3 Å². The van der Waals surface area contributed by atoms with Gasteiger partial charge in [-0.05, 0) is 40.9 Å². The quantitative estimate of drug-likeness (QED) is 0.814. The number of halogens is 1. The molecule has 0 spiro atoms. The van der Waals surface area contributed by atoms with Gasteiger partial charge in [-0.2, -0.15) is 0 Å². The zero-order valence-corrected chi connectivity index (χ0v) is 13.9. The van der Waals surface area contributed by atoms with Crippen LogP contribution in [0.1, 0.15) is 29.1 Å². The fourth-order valence-corrected chi connectivity index (χ4v) is 4.25. The molecule has 0 unspecified atom stereocenters. The second kappa shape index (κ2) is 6.07. The fraction of sp³-hybridized carbons (Fsp3) is 0.308. The predicted molar refractivity (Wildman–Crippen MR) is 85.1 cm³/mol. The minimum absolute atomic E-state index is 0.333. The smallest absolute Gasteiger partial charge is 0.350 e. The Kier molecular flexibility index (Phi) is 4.65. The molecule has 0 saturated heterocycles. The molecule has 2 aromatic rings. The van der Waals surface area contributed by atoms with Crippen molar-refractivity contribution in [2.45, 2.75) is 20.3 Å². The second-order valence-corrected chi connectivity index (χ2v) is 7.18. The highest BCUT2D eigenvalue weighted by molar-refractivity contribution is 9.11. The second-order valence-electron chi connectivity index (χ2n) is 3.87. The molecule has 0 saturated carbocycles. The van der Waals surface area contributed by atoms with Crippen LogP contribution >= 0.6 is 38.6 Å². The van der Waals surface area contributed by atoms with Crippen LogP contribution in [0.4, 0.5) is 5.69 Å². The molecule has 19 heavy (non-hydrogen) atoms. The number of nitrogens with two attached hydrogens (primary N) is 1. The van der Waals surface area contributed by atoms with E-state index in [1.54, 1.807) is 18.3 Å². The molecule has 0 aliphatic carbocycles. The Balaban J connectivity index is 2.50. The van der Waals surface area contributed by atoms with Gasteiger partial charge in [0, 0.05) is 15.8 Å². The molecule has 2 N–H and O–H groups in total. The van der Waals surface area contributed by atoms with E-state index < -0.39 is 0 Å². The van der Waals surface area contributed by atoms with Gasteiger partial charge in [0.1, 0.15) is 4.88 Å². The van der Waals surface area contributed by atoms with Crippen LogP contribution in [0.3, 0.4) is 0 Å². The number of thiophene rings is 2. The third kappa shape index (κ3) is 2.85. The Bertz CT molecular complexity index is 604. The summed E-state index contributed by atoms with van der Waals surface area (Å²) in [5.41, 5.74) is 8.77. The normalized spacial score (nSPS) is 10.7. The van der Waals surface area contributed by atoms with Crippen LogP contribution in [-0.4, -0.2) is 12.6 Å². The van der Waals surface area contributed by atoms with Gasteiger partial charge in [0.15, 0.2) is 0 Å². The van der Waals surface area contributed by atoms with Crippen molar-refractivity contribution in [2.24, 2.45) is 0 Å². The van der Waals surface area contributed by atoms with Gasteiger partial charge in [-0.15, -0.1) is 22.7 Å². The molecule has 6 heteroatoms. The number of esters is 1. The summed E-state index contributed by atoms with van der Waals surface area (Å²) in [6.07, 6.45) is 0.796. The maximum Gasteiger partial charge on any atom is 0.350 e. The Morgan fingerprint density at radius 1 is 1.47 bits per heavy atom. The van der Waals surface area contributed by atoms with E-state index >= 15 is 0 Å². The number of carbonyl (C=O) groups excluding carboxylic acids is 1. The maximum atomic E-state index is 11.9. The minimum Gasteiger partial charge on any atom is -0.462 e. The summed E-state index contributed by atoms with van der Waals surface area (Å²) >= 11 is 6.49. The van der Waals surface area contributed by atoms with Crippen molar-refractivity contribution >= 4 is 50.3 Å². The highest BCUT2D eigenvalue weighted by Gasteiger charge is 2.22. The van der Waals surface area contributed by atoms with Crippen molar-refractivity contribution in [1.29, 1.82) is 0 Å². The third-order valence-electron chi connectivity index (χ3n) is 2.69. The molecule has 3 nitrogen and oxygen atoms in total. The summed E-state index contributed by atoms with van der Waals surface area (Å²) in [6, 6.07) is 2.05. The average molecular weight is 360 g/mol. The highest BCUT2D eigenvalue weighted by Crippen LogP contribution is 2.41. The standard InChI is InChI=1S/C13H14BrNO2S2/c1-3-8-10(15)12(13(16)17-4-2)19-11(8)7-5-9(14)18-6-7/h5-6H,3-4,15H2,1-2H3. The van der Waals surface area contributed by atoms with Crippen LogP contribution < -0.4 is 5.73 Å². The summed E-state index contributed by atoms with van der Waals surface area (Å²) in [6.45, 7) is 4.19. The van der Waals surface area contributed by atoms with Gasteiger partial charge in [0.25, 0.3) is 0 Å². The van der Waals surface area contributed by atoms with Gasteiger partial charge in [-0.25, -0.2) is 4.79 Å².